The highest BCUT2D eigenvalue weighted by Crippen LogP contribution is 2.47. The van der Waals surface area contributed by atoms with Crippen molar-refractivity contribution < 1.29 is 187 Å². The van der Waals surface area contributed by atoms with Gasteiger partial charge in [0.2, 0.25) is 5.91 Å². The number of carbonyl (C=O) groups is 1. The summed E-state index contributed by atoms with van der Waals surface area (Å²) in [6, 6.07) is -1.10. The number of hydrogen-bond donors (Lipinski definition) is 15. The first-order valence-electron chi connectivity index (χ1n) is 37.4. The van der Waals surface area contributed by atoms with Crippen LogP contribution in [0, 0.1) is 23.2 Å². The Bertz CT molecular complexity index is 2430. The smallest absolute Gasteiger partial charge is 0.396 e. The van der Waals surface area contributed by atoms with Crippen LogP contribution < -0.4 is 5.32 Å². The van der Waals surface area contributed by atoms with E-state index in [9.17, 15) is 93.7 Å². The first-order chi connectivity index (χ1) is 52.0. The zero-order chi connectivity index (χ0) is 80.6. The van der Waals surface area contributed by atoms with Gasteiger partial charge < -0.3 is 133 Å². The number of aliphatic hydroxyl groups is 10. The number of nitrogens with one attached hydrogen (secondary N) is 1. The molecule has 0 aliphatic carbocycles. The molecule has 0 spiro atoms. The first kappa shape index (κ1) is 102. The van der Waals surface area contributed by atoms with Gasteiger partial charge in [0.25, 0.3) is 0 Å². The van der Waals surface area contributed by atoms with Crippen LogP contribution in [0.1, 0.15) is 130 Å². The molecule has 0 aromatic heterocycles. The molecule has 109 heavy (non-hydrogen) atoms. The van der Waals surface area contributed by atoms with Crippen molar-refractivity contribution in [2.75, 3.05) is 179 Å². The third-order valence-corrected chi connectivity index (χ3v) is 21.5. The summed E-state index contributed by atoms with van der Waals surface area (Å²) >= 11 is 0. The van der Waals surface area contributed by atoms with Gasteiger partial charge in [-0.1, -0.05) is 52.4 Å². The summed E-state index contributed by atoms with van der Waals surface area (Å²) in [5.74, 6) is -1.92. The Morgan fingerprint density at radius 1 is 0.376 bits per heavy atom. The first-order valence-corrected chi connectivity index (χ1v) is 43.4. The molecule has 0 radical (unpaired) electrons. The van der Waals surface area contributed by atoms with Crippen LogP contribution in [-0.2, 0) is 116 Å². The van der Waals surface area contributed by atoms with Gasteiger partial charge in [0.1, 0.15) is 48.8 Å². The van der Waals surface area contributed by atoms with Gasteiger partial charge in [-0.3, -0.25) is 41.0 Å². The van der Waals surface area contributed by atoms with Crippen molar-refractivity contribution in [1.29, 1.82) is 0 Å². The largest absolute Gasteiger partial charge is 0.472 e. The van der Waals surface area contributed by atoms with Crippen molar-refractivity contribution in [3.05, 3.63) is 0 Å². The lowest BCUT2D eigenvalue weighted by atomic mass is 9.92. The highest BCUT2D eigenvalue weighted by molar-refractivity contribution is 7.48. The molecule has 3 heterocycles. The zero-order valence-corrected chi connectivity index (χ0v) is 67.0. The second kappa shape index (κ2) is 58.0. The van der Waals surface area contributed by atoms with Gasteiger partial charge in [-0.15, -0.1) is 0 Å². The number of methoxy groups -OCH3 is 1. The number of phosphoric ester groups is 4. The normalized spacial score (nSPS) is 27.9. The summed E-state index contributed by atoms with van der Waals surface area (Å²) in [5, 5.41) is 102. The highest BCUT2D eigenvalue weighted by Gasteiger charge is 2.47. The van der Waals surface area contributed by atoms with Gasteiger partial charge >= 0.3 is 31.3 Å². The summed E-state index contributed by atoms with van der Waals surface area (Å²) in [5.41, 5.74) is -1.48. The van der Waals surface area contributed by atoms with Crippen molar-refractivity contribution in [3.8, 4) is 0 Å². The topological polar surface area (TPSA) is 565 Å². The molecule has 648 valence electrons. The van der Waals surface area contributed by atoms with Crippen molar-refractivity contribution in [2.45, 2.75) is 210 Å². The summed E-state index contributed by atoms with van der Waals surface area (Å²) in [4.78, 5) is 54.0. The summed E-state index contributed by atoms with van der Waals surface area (Å²) in [6.07, 6.45) is -6.54. The molecule has 1 amide bonds. The lowest BCUT2D eigenvalue weighted by molar-refractivity contribution is -0.282. The van der Waals surface area contributed by atoms with Crippen LogP contribution in [0.25, 0.3) is 0 Å². The highest BCUT2D eigenvalue weighted by atomic mass is 31.2. The Labute approximate surface area is 638 Å². The maximum absolute atomic E-state index is 13.5. The van der Waals surface area contributed by atoms with E-state index >= 15 is 0 Å². The molecule has 3 fully saturated rings. The number of unbranched alkanes of at least 4 members (excludes halogenated alkanes) is 9. The second-order valence-corrected chi connectivity index (χ2v) is 32.8. The van der Waals surface area contributed by atoms with E-state index in [0.29, 0.717) is 96.7 Å². The molecular formula is C65H129NO39P4. The molecule has 40 nitrogen and oxygen atoms in total. The molecule has 0 aromatic carbocycles. The number of phosphoric acid groups is 4. The monoisotopic (exact) mass is 1670 g/mol. The fourth-order valence-electron chi connectivity index (χ4n) is 11.1. The molecule has 20 atom stereocenters. The molecule has 11 unspecified atom stereocenters. The average Bonchev–Trinajstić information content (AvgIpc) is 0.809. The Kier molecular flexibility index (Phi) is 54.4. The number of carbonyl (C=O) groups excluding carboxylic acids is 1. The van der Waals surface area contributed by atoms with Crippen LogP contribution in [0.2, 0.25) is 0 Å². The quantitative estimate of drug-likeness (QED) is 0.0304. The van der Waals surface area contributed by atoms with Gasteiger partial charge in [-0.25, -0.2) is 18.3 Å². The Morgan fingerprint density at radius 3 is 1.00 bits per heavy atom. The lowest BCUT2D eigenvalue weighted by Crippen LogP contribution is -2.64. The Balaban J connectivity index is 1.60. The molecule has 3 aliphatic rings. The number of rotatable bonds is 69. The molecule has 3 rings (SSSR count). The number of hydrogen-bond acceptors (Lipinski definition) is 35. The van der Waals surface area contributed by atoms with Gasteiger partial charge in [-0.05, 0) is 70.6 Å². The van der Waals surface area contributed by atoms with E-state index in [1.165, 1.54) is 6.92 Å². The minimum atomic E-state index is -4.87. The fraction of sp³-hybridized carbons (Fsp3) is 0.985. The Morgan fingerprint density at radius 2 is 0.670 bits per heavy atom. The van der Waals surface area contributed by atoms with Gasteiger partial charge in [0.05, 0.1) is 130 Å². The summed E-state index contributed by atoms with van der Waals surface area (Å²) < 4.78 is 162. The third kappa shape index (κ3) is 43.9. The fourth-order valence-corrected chi connectivity index (χ4v) is 14.3. The van der Waals surface area contributed by atoms with Gasteiger partial charge in [-0.2, -0.15) is 0 Å². The minimum absolute atomic E-state index is 0.00864. The molecule has 44 heteroatoms. The average molecular weight is 1670 g/mol. The van der Waals surface area contributed by atoms with E-state index < -0.39 is 161 Å². The molecule has 15 N–H and O–H groups in total. The Hall–Kier alpha value is -0.970. The van der Waals surface area contributed by atoms with E-state index in [4.69, 9.17) is 93.0 Å². The number of amides is 1. The van der Waals surface area contributed by atoms with E-state index in [1.807, 2.05) is 0 Å². The second-order valence-electron chi connectivity index (χ2n) is 27.0. The molecule has 0 aromatic rings. The third-order valence-electron chi connectivity index (χ3n) is 17.5. The SMILES string of the molecule is COCCCOCC(CO)COCCCOP(=O)(O)OCC(COCCCOP(=O)(O)OCCCCCCO[C@@H]1OC(CO)[C@H](O)C(O)[C@@H]1C)(COCCCOP(=O)(O)OCCCCCCO[C@@H]1OC(CO)[C@H](O)C(O)[C@@H]1C)COCCCOP(=O)(O)OCCCCCCO[C@@H]1OC(CO)[C@H](O)C(O)[C@@H]1NC(C)=O. The van der Waals surface area contributed by atoms with Crippen molar-refractivity contribution >= 4 is 37.2 Å². The number of aliphatic hydroxyl groups excluding tert-OH is 10. The van der Waals surface area contributed by atoms with Crippen LogP contribution in [0.5, 0.6) is 0 Å². The lowest BCUT2D eigenvalue weighted by Gasteiger charge is -2.42. The van der Waals surface area contributed by atoms with Crippen LogP contribution in [0.3, 0.4) is 0 Å². The van der Waals surface area contributed by atoms with Crippen molar-refractivity contribution in [3.63, 3.8) is 0 Å². The van der Waals surface area contributed by atoms with Gasteiger partial charge in [0, 0.05) is 91.2 Å². The van der Waals surface area contributed by atoms with Gasteiger partial charge in [0.15, 0.2) is 18.9 Å². The van der Waals surface area contributed by atoms with E-state index in [0.717, 1.165) is 0 Å². The molecule has 3 saturated heterocycles. The maximum atomic E-state index is 13.5. The standard InChI is InChI=1S/C65H129NO39P4/c1-48-56(72)58(74)52(39-68)103-62(48)92-28-11-5-8-14-31-95-106(78,79)98-35-19-25-89-44-65(47-102-109(84,85)101-34-18-24-88-43-51(38-67)42-87-23-17-22-86-4,45-90-26-20-36-99-107(80,81)96-32-15-9-6-12-29-93-63-49(2)57(73)59(75)53(40-69)104-63)46-91-27-21-37-100-108(82,83)97-33-16-10-7-13-30-94-64-55(66-50(3)71)61(77)60(76)54(41-70)105-64/h48-49,51-64,67-70,72-77H,5-47H2,1-4H3,(H,66,71)(H,78,79)(H,80,81)(H,82,83)(H,84,85)/t48-,49-,51?,52?,53?,54?,55-,56?,57?,58-,59-,60-,61?,62+,63+,64+,65?/m0/s1. The maximum Gasteiger partial charge on any atom is 0.472 e. The summed E-state index contributed by atoms with van der Waals surface area (Å²) in [6.45, 7) is 0.989. The van der Waals surface area contributed by atoms with Crippen LogP contribution in [0.15, 0.2) is 0 Å². The van der Waals surface area contributed by atoms with Crippen LogP contribution in [-0.4, -0.2) is 335 Å². The van der Waals surface area contributed by atoms with E-state index in [-0.39, 0.29) is 164 Å². The molecule has 3 aliphatic heterocycles. The molecular weight excluding hydrogens is 1540 g/mol. The molecule has 0 saturated carbocycles. The predicted octanol–water partition coefficient (Wildman–Crippen LogP) is 1.62. The number of ether oxygens (including phenoxy) is 12. The molecule has 0 bridgehead atoms. The minimum Gasteiger partial charge on any atom is -0.396 e. The van der Waals surface area contributed by atoms with E-state index in [1.54, 1.807) is 21.0 Å². The van der Waals surface area contributed by atoms with E-state index in [2.05, 4.69) is 5.32 Å². The predicted molar refractivity (Wildman–Crippen MR) is 381 cm³/mol. The van der Waals surface area contributed by atoms with Crippen molar-refractivity contribution in [2.24, 2.45) is 23.2 Å². The zero-order valence-electron chi connectivity index (χ0n) is 63.4. The van der Waals surface area contributed by atoms with Crippen molar-refractivity contribution in [1.82, 2.24) is 5.32 Å². The van der Waals surface area contributed by atoms with Crippen LogP contribution >= 0.6 is 31.3 Å². The van der Waals surface area contributed by atoms with Crippen LogP contribution in [0.4, 0.5) is 0 Å². The summed E-state index contributed by atoms with van der Waals surface area (Å²) in [7, 11) is -16.9.